The fourth-order valence-corrected chi connectivity index (χ4v) is 2.45. The highest BCUT2D eigenvalue weighted by Gasteiger charge is 2.38. The minimum absolute atomic E-state index is 0.0392. The third-order valence-electron chi connectivity index (χ3n) is 3.31. The van der Waals surface area contributed by atoms with E-state index in [-0.39, 0.29) is 24.2 Å². The summed E-state index contributed by atoms with van der Waals surface area (Å²) < 4.78 is 16.4. The van der Waals surface area contributed by atoms with Crippen LogP contribution in [0.4, 0.5) is 0 Å². The molecule has 1 aliphatic heterocycles. The van der Waals surface area contributed by atoms with Gasteiger partial charge in [-0.3, -0.25) is 0 Å². The molecule has 1 aromatic rings. The molecule has 0 aromatic carbocycles. The molecular weight excluding hydrogens is 220 g/mol. The van der Waals surface area contributed by atoms with Gasteiger partial charge in [-0.25, -0.2) is 0 Å². The van der Waals surface area contributed by atoms with Gasteiger partial charge in [-0.2, -0.15) is 0 Å². The zero-order valence-corrected chi connectivity index (χ0v) is 10.3. The summed E-state index contributed by atoms with van der Waals surface area (Å²) in [6, 6.07) is 3.74. The van der Waals surface area contributed by atoms with Crippen molar-refractivity contribution in [2.24, 2.45) is 5.92 Å². The van der Waals surface area contributed by atoms with E-state index in [4.69, 9.17) is 13.9 Å². The highest BCUT2D eigenvalue weighted by molar-refractivity contribution is 5.06. The van der Waals surface area contributed by atoms with Gasteiger partial charge in [-0.15, -0.1) is 0 Å². The molecule has 0 bridgehead atoms. The number of methoxy groups -OCH3 is 1. The van der Waals surface area contributed by atoms with E-state index in [1.54, 1.807) is 13.4 Å². The molecule has 0 radical (unpaired) electrons. The van der Waals surface area contributed by atoms with Crippen molar-refractivity contribution in [3.8, 4) is 0 Å². The van der Waals surface area contributed by atoms with Crippen molar-refractivity contribution in [2.75, 3.05) is 13.7 Å². The Hall–Kier alpha value is -0.840. The predicted octanol–water partition coefficient (Wildman–Crippen LogP) is 2.14. The van der Waals surface area contributed by atoms with E-state index in [9.17, 15) is 5.11 Å². The SMILES string of the molecule is COCC[C@@H]1[C@@H](O)C[C@@H](C)O[C@H]1c1ccco1. The summed E-state index contributed by atoms with van der Waals surface area (Å²) in [4.78, 5) is 0. The van der Waals surface area contributed by atoms with Crippen LogP contribution in [-0.2, 0) is 9.47 Å². The summed E-state index contributed by atoms with van der Waals surface area (Å²) in [5.74, 6) is 0.828. The molecule has 96 valence electrons. The van der Waals surface area contributed by atoms with Crippen molar-refractivity contribution in [3.63, 3.8) is 0 Å². The van der Waals surface area contributed by atoms with Crippen molar-refractivity contribution in [2.45, 2.75) is 38.1 Å². The molecule has 1 fully saturated rings. The fourth-order valence-electron chi connectivity index (χ4n) is 2.45. The fraction of sp³-hybridized carbons (Fsp3) is 0.692. The Bertz CT molecular complexity index is 322. The van der Waals surface area contributed by atoms with Crippen LogP contribution in [0, 0.1) is 5.92 Å². The van der Waals surface area contributed by atoms with Crippen LogP contribution in [0.15, 0.2) is 22.8 Å². The molecule has 0 unspecified atom stereocenters. The lowest BCUT2D eigenvalue weighted by molar-refractivity contribution is -0.143. The summed E-state index contributed by atoms with van der Waals surface area (Å²) >= 11 is 0. The van der Waals surface area contributed by atoms with Gasteiger partial charge in [-0.1, -0.05) is 0 Å². The van der Waals surface area contributed by atoms with Crippen LogP contribution in [0.25, 0.3) is 0 Å². The Balaban J connectivity index is 2.12. The van der Waals surface area contributed by atoms with Crippen LogP contribution in [-0.4, -0.2) is 31.0 Å². The molecule has 1 aromatic heterocycles. The van der Waals surface area contributed by atoms with Crippen LogP contribution in [0.5, 0.6) is 0 Å². The molecule has 0 saturated carbocycles. The number of furan rings is 1. The molecule has 4 heteroatoms. The van der Waals surface area contributed by atoms with Gasteiger partial charge in [0.25, 0.3) is 0 Å². The molecule has 1 aliphatic rings. The molecule has 2 rings (SSSR count). The predicted molar refractivity (Wildman–Crippen MR) is 62.6 cm³/mol. The lowest BCUT2D eigenvalue weighted by Gasteiger charge is -2.37. The van der Waals surface area contributed by atoms with E-state index in [2.05, 4.69) is 0 Å². The molecule has 2 heterocycles. The monoisotopic (exact) mass is 240 g/mol. The Kier molecular flexibility index (Phi) is 4.20. The number of hydrogen-bond acceptors (Lipinski definition) is 4. The summed E-state index contributed by atoms with van der Waals surface area (Å²) in [6.07, 6.45) is 2.61. The number of aliphatic hydroxyl groups is 1. The van der Waals surface area contributed by atoms with E-state index < -0.39 is 0 Å². The zero-order valence-electron chi connectivity index (χ0n) is 10.3. The molecule has 0 amide bonds. The Morgan fingerprint density at radius 1 is 1.53 bits per heavy atom. The number of ether oxygens (including phenoxy) is 2. The number of aliphatic hydroxyl groups excluding tert-OH is 1. The van der Waals surface area contributed by atoms with E-state index in [1.807, 2.05) is 19.1 Å². The second-order valence-corrected chi connectivity index (χ2v) is 4.63. The van der Waals surface area contributed by atoms with Gasteiger partial charge in [0.2, 0.25) is 0 Å². The maximum atomic E-state index is 10.2. The average Bonchev–Trinajstić information content (AvgIpc) is 2.80. The van der Waals surface area contributed by atoms with E-state index in [0.29, 0.717) is 13.0 Å². The highest BCUT2D eigenvalue weighted by Crippen LogP contribution is 2.38. The van der Waals surface area contributed by atoms with Crippen molar-refractivity contribution < 1.29 is 19.0 Å². The Morgan fingerprint density at radius 3 is 3.00 bits per heavy atom. The van der Waals surface area contributed by atoms with Crippen LogP contribution in [0.1, 0.15) is 31.6 Å². The minimum Gasteiger partial charge on any atom is -0.467 e. The molecule has 4 atom stereocenters. The van der Waals surface area contributed by atoms with Gasteiger partial charge in [-0.05, 0) is 31.9 Å². The van der Waals surface area contributed by atoms with Crippen LogP contribution < -0.4 is 0 Å². The average molecular weight is 240 g/mol. The Morgan fingerprint density at radius 2 is 2.35 bits per heavy atom. The van der Waals surface area contributed by atoms with Crippen molar-refractivity contribution in [3.05, 3.63) is 24.2 Å². The van der Waals surface area contributed by atoms with Gasteiger partial charge < -0.3 is 19.0 Å². The Labute approximate surface area is 102 Å². The van der Waals surface area contributed by atoms with Crippen molar-refractivity contribution in [1.82, 2.24) is 0 Å². The number of rotatable bonds is 4. The van der Waals surface area contributed by atoms with Gasteiger partial charge in [0, 0.05) is 19.6 Å². The van der Waals surface area contributed by atoms with Crippen LogP contribution in [0.3, 0.4) is 0 Å². The van der Waals surface area contributed by atoms with E-state index in [1.165, 1.54) is 0 Å². The van der Waals surface area contributed by atoms with Gasteiger partial charge in [0.05, 0.1) is 18.5 Å². The minimum atomic E-state index is -0.357. The second kappa shape index (κ2) is 5.67. The standard InChI is InChI=1S/C13H20O4/c1-9-8-11(14)10(5-7-15-2)13(17-9)12-4-3-6-16-12/h3-4,6,9-11,13-14H,5,7-8H2,1-2H3/t9-,10-,11+,13-/m1/s1. The first-order valence-corrected chi connectivity index (χ1v) is 6.08. The summed E-state index contributed by atoms with van der Waals surface area (Å²) in [7, 11) is 1.67. The maximum Gasteiger partial charge on any atom is 0.132 e. The molecule has 17 heavy (non-hydrogen) atoms. The molecule has 0 spiro atoms. The normalized spacial score (nSPS) is 33.8. The molecule has 4 nitrogen and oxygen atoms in total. The van der Waals surface area contributed by atoms with Gasteiger partial charge in [0.1, 0.15) is 11.9 Å². The van der Waals surface area contributed by atoms with Crippen LogP contribution >= 0.6 is 0 Å². The summed E-state index contributed by atoms with van der Waals surface area (Å²) in [5.41, 5.74) is 0. The largest absolute Gasteiger partial charge is 0.467 e. The second-order valence-electron chi connectivity index (χ2n) is 4.63. The van der Waals surface area contributed by atoms with Gasteiger partial charge in [0.15, 0.2) is 0 Å². The third-order valence-corrected chi connectivity index (χ3v) is 3.31. The molecular formula is C13H20O4. The highest BCUT2D eigenvalue weighted by atomic mass is 16.5. The van der Waals surface area contributed by atoms with Crippen molar-refractivity contribution >= 4 is 0 Å². The molecule has 1 saturated heterocycles. The van der Waals surface area contributed by atoms with E-state index in [0.717, 1.165) is 12.2 Å². The first kappa shape index (κ1) is 12.6. The lowest BCUT2D eigenvalue weighted by atomic mass is 9.85. The molecule has 1 N–H and O–H groups in total. The first-order chi connectivity index (χ1) is 8.22. The number of hydrogen-bond donors (Lipinski definition) is 1. The third kappa shape index (κ3) is 2.89. The first-order valence-electron chi connectivity index (χ1n) is 6.08. The smallest absolute Gasteiger partial charge is 0.132 e. The lowest BCUT2D eigenvalue weighted by Crippen LogP contribution is -2.39. The summed E-state index contributed by atoms with van der Waals surface area (Å²) in [5, 5.41) is 10.2. The maximum absolute atomic E-state index is 10.2. The van der Waals surface area contributed by atoms with Crippen LogP contribution in [0.2, 0.25) is 0 Å². The quantitative estimate of drug-likeness (QED) is 0.876. The topological polar surface area (TPSA) is 51.8 Å². The van der Waals surface area contributed by atoms with Crippen molar-refractivity contribution in [1.29, 1.82) is 0 Å². The van der Waals surface area contributed by atoms with Gasteiger partial charge >= 0.3 is 0 Å². The molecule has 0 aliphatic carbocycles. The summed E-state index contributed by atoms with van der Waals surface area (Å²) in [6.45, 7) is 2.60. The van der Waals surface area contributed by atoms with E-state index >= 15 is 0 Å². The zero-order chi connectivity index (χ0) is 12.3.